The van der Waals surface area contributed by atoms with Crippen molar-refractivity contribution in [3.63, 3.8) is 0 Å². The van der Waals surface area contributed by atoms with E-state index in [9.17, 15) is 9.59 Å². The normalized spacial score (nSPS) is 17.6. The summed E-state index contributed by atoms with van der Waals surface area (Å²) < 4.78 is 7.44. The van der Waals surface area contributed by atoms with Gasteiger partial charge in [0.2, 0.25) is 0 Å². The monoisotopic (exact) mass is 549 g/mol. The molecule has 10 heteroatoms. The SMILES string of the molecule is Cc1ccc(CN2C(=O)/C(=C/c3c(NCCCN4CCOCC4)nc4c(C)cccn4c3=O)SC2=S)cc1. The summed E-state index contributed by atoms with van der Waals surface area (Å²) in [5, 5.41) is 3.38. The van der Waals surface area contributed by atoms with E-state index in [1.165, 1.54) is 16.2 Å². The van der Waals surface area contributed by atoms with Crippen molar-refractivity contribution in [2.45, 2.75) is 26.8 Å². The van der Waals surface area contributed by atoms with Crippen molar-refractivity contribution in [1.82, 2.24) is 19.2 Å². The molecule has 0 spiro atoms. The first-order valence-electron chi connectivity index (χ1n) is 12.8. The Bertz CT molecular complexity index is 1450. The van der Waals surface area contributed by atoms with Crippen molar-refractivity contribution in [2.75, 3.05) is 44.7 Å². The highest BCUT2D eigenvalue weighted by molar-refractivity contribution is 8.26. The number of hydrogen-bond acceptors (Lipinski definition) is 8. The maximum absolute atomic E-state index is 13.6. The molecule has 3 aromatic rings. The Morgan fingerprint density at radius 3 is 2.66 bits per heavy atom. The molecule has 0 aliphatic carbocycles. The fraction of sp³-hybridized carbons (Fsp3) is 0.357. The van der Waals surface area contributed by atoms with E-state index < -0.39 is 0 Å². The maximum Gasteiger partial charge on any atom is 0.267 e. The first-order chi connectivity index (χ1) is 18.4. The molecule has 1 aromatic carbocycles. The van der Waals surface area contributed by atoms with Crippen molar-refractivity contribution >= 4 is 51.7 Å². The van der Waals surface area contributed by atoms with Gasteiger partial charge < -0.3 is 10.1 Å². The minimum atomic E-state index is -0.224. The average Bonchev–Trinajstić information content (AvgIpc) is 3.18. The van der Waals surface area contributed by atoms with Crippen molar-refractivity contribution in [3.8, 4) is 0 Å². The van der Waals surface area contributed by atoms with Gasteiger partial charge in [-0.15, -0.1) is 0 Å². The third kappa shape index (κ3) is 5.83. The zero-order chi connectivity index (χ0) is 26.6. The smallest absolute Gasteiger partial charge is 0.267 e. The number of fused-ring (bicyclic) bond motifs is 1. The van der Waals surface area contributed by atoms with Crippen LogP contribution in [-0.4, -0.2) is 68.8 Å². The van der Waals surface area contributed by atoms with Gasteiger partial charge in [0, 0.05) is 25.8 Å². The molecule has 2 aliphatic heterocycles. The van der Waals surface area contributed by atoms with E-state index in [1.807, 2.05) is 50.2 Å². The van der Waals surface area contributed by atoms with E-state index >= 15 is 0 Å². The molecule has 2 aliphatic rings. The van der Waals surface area contributed by atoms with Gasteiger partial charge >= 0.3 is 0 Å². The first-order valence-corrected chi connectivity index (χ1v) is 14.0. The second-order valence-electron chi connectivity index (χ2n) is 9.55. The molecular weight excluding hydrogens is 518 g/mol. The molecule has 0 bridgehead atoms. The van der Waals surface area contributed by atoms with Crippen LogP contribution in [0.3, 0.4) is 0 Å². The molecule has 0 radical (unpaired) electrons. The quantitative estimate of drug-likeness (QED) is 0.258. The Kier molecular flexibility index (Phi) is 8.23. The van der Waals surface area contributed by atoms with Gasteiger partial charge in [-0.2, -0.15) is 0 Å². The van der Waals surface area contributed by atoms with Crippen LogP contribution in [0.5, 0.6) is 0 Å². The summed E-state index contributed by atoms with van der Waals surface area (Å²) in [5.41, 5.74) is 3.78. The van der Waals surface area contributed by atoms with Crippen molar-refractivity contribution < 1.29 is 9.53 Å². The molecule has 1 N–H and O–H groups in total. The number of rotatable bonds is 8. The van der Waals surface area contributed by atoms with Crippen LogP contribution in [0.1, 0.15) is 28.7 Å². The van der Waals surface area contributed by atoms with Gasteiger partial charge in [0.1, 0.15) is 15.8 Å². The van der Waals surface area contributed by atoms with Crippen molar-refractivity contribution in [3.05, 3.63) is 80.1 Å². The molecule has 2 saturated heterocycles. The van der Waals surface area contributed by atoms with Gasteiger partial charge in [0.15, 0.2) is 0 Å². The second kappa shape index (κ2) is 11.8. The number of aryl methyl sites for hydroxylation is 2. The zero-order valence-electron chi connectivity index (χ0n) is 21.6. The first kappa shape index (κ1) is 26.6. The van der Waals surface area contributed by atoms with Crippen LogP contribution in [0.4, 0.5) is 5.82 Å². The molecule has 0 atom stereocenters. The minimum Gasteiger partial charge on any atom is -0.379 e. The molecule has 198 valence electrons. The lowest BCUT2D eigenvalue weighted by Gasteiger charge is -2.26. The van der Waals surface area contributed by atoms with E-state index in [4.69, 9.17) is 21.9 Å². The Morgan fingerprint density at radius 2 is 1.89 bits per heavy atom. The van der Waals surface area contributed by atoms with Crippen LogP contribution >= 0.6 is 24.0 Å². The number of pyridine rings is 1. The van der Waals surface area contributed by atoms with E-state index in [1.54, 1.807) is 17.2 Å². The van der Waals surface area contributed by atoms with Crippen molar-refractivity contribution in [1.29, 1.82) is 0 Å². The summed E-state index contributed by atoms with van der Waals surface area (Å²) >= 11 is 6.76. The highest BCUT2D eigenvalue weighted by Gasteiger charge is 2.32. The van der Waals surface area contributed by atoms with Gasteiger partial charge in [-0.1, -0.05) is 59.9 Å². The minimum absolute atomic E-state index is 0.201. The number of carbonyl (C=O) groups is 1. The number of amides is 1. The van der Waals surface area contributed by atoms with Crippen LogP contribution in [0, 0.1) is 13.8 Å². The van der Waals surface area contributed by atoms with Gasteiger partial charge in [0.05, 0.1) is 30.2 Å². The predicted molar refractivity (Wildman–Crippen MR) is 156 cm³/mol. The highest BCUT2D eigenvalue weighted by Crippen LogP contribution is 2.34. The molecule has 5 rings (SSSR count). The number of ether oxygens (including phenoxy) is 1. The molecule has 1 amide bonds. The third-order valence-electron chi connectivity index (χ3n) is 6.74. The van der Waals surface area contributed by atoms with Crippen LogP contribution in [0.25, 0.3) is 11.7 Å². The fourth-order valence-electron chi connectivity index (χ4n) is 4.55. The van der Waals surface area contributed by atoms with Crippen molar-refractivity contribution in [2.24, 2.45) is 0 Å². The van der Waals surface area contributed by atoms with Gasteiger partial charge in [-0.25, -0.2) is 4.98 Å². The molecule has 2 fully saturated rings. The predicted octanol–water partition coefficient (Wildman–Crippen LogP) is 3.85. The largest absolute Gasteiger partial charge is 0.379 e. The zero-order valence-corrected chi connectivity index (χ0v) is 23.2. The van der Waals surface area contributed by atoms with Crippen LogP contribution < -0.4 is 10.9 Å². The van der Waals surface area contributed by atoms with Gasteiger partial charge in [-0.05, 0) is 50.1 Å². The standard InChI is InChI=1S/C28H31N5O3S2/c1-19-6-8-21(9-7-19)18-33-27(35)23(38-28(33)37)17-22-24(29-10-4-11-31-13-15-36-16-14-31)30-25-20(2)5-3-12-32(25)26(22)34/h3,5-9,12,17,29H,4,10-11,13-16,18H2,1-2H3/b23-17-. The van der Waals surface area contributed by atoms with Gasteiger partial charge in [-0.3, -0.25) is 23.8 Å². The Labute approximate surface area is 231 Å². The second-order valence-corrected chi connectivity index (χ2v) is 11.2. The number of nitrogens with one attached hydrogen (secondary N) is 1. The topological polar surface area (TPSA) is 79.2 Å². The van der Waals surface area contributed by atoms with Crippen LogP contribution in [0.2, 0.25) is 0 Å². The number of aromatic nitrogens is 2. The van der Waals surface area contributed by atoms with Crippen LogP contribution in [0.15, 0.2) is 52.3 Å². The fourth-order valence-corrected chi connectivity index (χ4v) is 5.79. The molecule has 0 saturated carbocycles. The van der Waals surface area contributed by atoms with Gasteiger partial charge in [0.25, 0.3) is 11.5 Å². The summed E-state index contributed by atoms with van der Waals surface area (Å²) in [6.07, 6.45) is 4.25. The maximum atomic E-state index is 13.6. The summed E-state index contributed by atoms with van der Waals surface area (Å²) in [7, 11) is 0. The number of thioether (sulfide) groups is 1. The van der Waals surface area contributed by atoms with E-state index in [-0.39, 0.29) is 11.5 Å². The van der Waals surface area contributed by atoms with E-state index in [2.05, 4.69) is 10.2 Å². The number of nitrogens with zero attached hydrogens (tertiary/aromatic N) is 4. The molecular formula is C28H31N5O3S2. The Hall–Kier alpha value is -3.05. The Morgan fingerprint density at radius 1 is 1.13 bits per heavy atom. The molecule has 2 aromatic heterocycles. The number of carbonyl (C=O) groups excluding carboxylic acids is 1. The average molecular weight is 550 g/mol. The summed E-state index contributed by atoms with van der Waals surface area (Å²) in [5.74, 6) is 0.280. The highest BCUT2D eigenvalue weighted by atomic mass is 32.2. The lowest BCUT2D eigenvalue weighted by Crippen LogP contribution is -2.37. The number of morpholine rings is 1. The van der Waals surface area contributed by atoms with E-state index in [0.717, 1.165) is 56.0 Å². The van der Waals surface area contributed by atoms with E-state index in [0.29, 0.717) is 39.3 Å². The summed E-state index contributed by atoms with van der Waals surface area (Å²) in [4.78, 5) is 36.2. The summed E-state index contributed by atoms with van der Waals surface area (Å²) in [6, 6.07) is 11.8. The number of anilines is 1. The number of thiocarbonyl (C=S) groups is 1. The molecule has 8 nitrogen and oxygen atoms in total. The number of benzene rings is 1. The third-order valence-corrected chi connectivity index (χ3v) is 8.12. The van der Waals surface area contributed by atoms with Crippen LogP contribution in [-0.2, 0) is 16.1 Å². The molecule has 38 heavy (non-hydrogen) atoms. The number of hydrogen-bond donors (Lipinski definition) is 1. The lowest BCUT2D eigenvalue weighted by atomic mass is 10.1. The Balaban J connectivity index is 1.41. The molecule has 0 unspecified atom stereocenters. The summed E-state index contributed by atoms with van der Waals surface area (Å²) in [6.45, 7) is 9.34. The molecule has 4 heterocycles. The lowest BCUT2D eigenvalue weighted by molar-refractivity contribution is -0.122.